The highest BCUT2D eigenvalue weighted by Gasteiger charge is 2.45. The lowest BCUT2D eigenvalue weighted by Crippen LogP contribution is -2.20. The Kier molecular flexibility index (Phi) is 3.10. The predicted octanol–water partition coefficient (Wildman–Crippen LogP) is 3.14. The molecule has 2 rings (SSSR count). The molecule has 1 saturated carbocycles. The zero-order chi connectivity index (χ0) is 12.6. The van der Waals surface area contributed by atoms with E-state index in [1.807, 2.05) is 0 Å². The molecule has 0 aromatic heterocycles. The van der Waals surface area contributed by atoms with Crippen molar-refractivity contribution in [2.45, 2.75) is 32.9 Å². The third-order valence-corrected chi connectivity index (χ3v) is 3.66. The normalized spacial score (nSPS) is 21.2. The molecule has 0 heterocycles. The van der Waals surface area contributed by atoms with Crippen LogP contribution in [0, 0.1) is 15.5 Å². The molecule has 1 fully saturated rings. The molecule has 1 aromatic carbocycles. The van der Waals surface area contributed by atoms with Gasteiger partial charge in [0.2, 0.25) is 0 Å². The van der Waals surface area contributed by atoms with Crippen LogP contribution in [0.1, 0.15) is 25.8 Å². The smallest absolute Gasteiger partial charge is 0.269 e. The fraction of sp³-hybridized carbons (Fsp3) is 0.500. The number of nitrogens with zero attached hydrogens (tertiary/aromatic N) is 1. The first-order valence-corrected chi connectivity index (χ1v) is 5.94. The highest BCUT2D eigenvalue weighted by molar-refractivity contribution is 6.31. The van der Waals surface area contributed by atoms with Crippen LogP contribution >= 0.6 is 11.6 Å². The maximum absolute atomic E-state index is 10.7. The van der Waals surface area contributed by atoms with Crippen LogP contribution in [-0.4, -0.2) is 11.0 Å². The van der Waals surface area contributed by atoms with Crippen LogP contribution in [0.3, 0.4) is 0 Å². The first kappa shape index (κ1) is 12.3. The van der Waals surface area contributed by atoms with Crippen LogP contribution in [0.5, 0.6) is 0 Å². The van der Waals surface area contributed by atoms with Crippen molar-refractivity contribution >= 4 is 17.3 Å². The average molecular weight is 255 g/mol. The maximum Gasteiger partial charge on any atom is 0.269 e. The average Bonchev–Trinajstić information content (AvgIpc) is 2.85. The molecule has 1 N–H and O–H groups in total. The molecular formula is C12H15ClN2O2. The third kappa shape index (κ3) is 2.76. The minimum Gasteiger partial charge on any atom is -0.309 e. The minimum absolute atomic E-state index is 0.0845. The van der Waals surface area contributed by atoms with Crippen molar-refractivity contribution in [1.29, 1.82) is 0 Å². The SMILES string of the molecule is CC1(C)CC1NCc1cc([N+](=O)[O-])ccc1Cl. The summed E-state index contributed by atoms with van der Waals surface area (Å²) in [5.74, 6) is 0. The molecule has 0 saturated heterocycles. The number of halogens is 1. The van der Waals surface area contributed by atoms with Crippen molar-refractivity contribution in [3.8, 4) is 0 Å². The van der Waals surface area contributed by atoms with Crippen molar-refractivity contribution in [2.24, 2.45) is 5.41 Å². The predicted molar refractivity (Wildman–Crippen MR) is 67.1 cm³/mol. The Labute approximate surface area is 105 Å². The molecular weight excluding hydrogens is 240 g/mol. The van der Waals surface area contributed by atoms with E-state index in [4.69, 9.17) is 11.6 Å². The molecule has 0 aliphatic heterocycles. The number of hydrogen-bond acceptors (Lipinski definition) is 3. The summed E-state index contributed by atoms with van der Waals surface area (Å²) in [4.78, 5) is 10.3. The lowest BCUT2D eigenvalue weighted by Gasteiger charge is -2.08. The number of hydrogen-bond donors (Lipinski definition) is 1. The van der Waals surface area contributed by atoms with Crippen molar-refractivity contribution in [3.05, 3.63) is 38.9 Å². The lowest BCUT2D eigenvalue weighted by atomic mass is 10.1. The molecule has 1 aliphatic carbocycles. The Morgan fingerprint density at radius 1 is 1.59 bits per heavy atom. The Hall–Kier alpha value is -1.13. The second-order valence-corrected chi connectivity index (χ2v) is 5.57. The number of nitro groups is 1. The van der Waals surface area contributed by atoms with Gasteiger partial charge >= 0.3 is 0 Å². The van der Waals surface area contributed by atoms with Gasteiger partial charge in [0.1, 0.15) is 0 Å². The zero-order valence-corrected chi connectivity index (χ0v) is 10.6. The molecule has 0 spiro atoms. The van der Waals surface area contributed by atoms with E-state index in [0.29, 0.717) is 23.0 Å². The van der Waals surface area contributed by atoms with Crippen LogP contribution < -0.4 is 5.32 Å². The van der Waals surface area contributed by atoms with E-state index < -0.39 is 4.92 Å². The second-order valence-electron chi connectivity index (χ2n) is 5.16. The Morgan fingerprint density at radius 2 is 2.24 bits per heavy atom. The molecule has 0 bridgehead atoms. The van der Waals surface area contributed by atoms with Gasteiger partial charge in [-0.05, 0) is 23.5 Å². The molecule has 1 atom stereocenters. The van der Waals surface area contributed by atoms with Gasteiger partial charge in [-0.15, -0.1) is 0 Å². The van der Waals surface area contributed by atoms with Crippen LogP contribution in [0.4, 0.5) is 5.69 Å². The topological polar surface area (TPSA) is 55.2 Å². The lowest BCUT2D eigenvalue weighted by molar-refractivity contribution is -0.384. The number of non-ortho nitro benzene ring substituents is 1. The summed E-state index contributed by atoms with van der Waals surface area (Å²) < 4.78 is 0. The molecule has 1 aromatic rings. The maximum atomic E-state index is 10.7. The van der Waals surface area contributed by atoms with Gasteiger partial charge in [-0.1, -0.05) is 25.4 Å². The monoisotopic (exact) mass is 254 g/mol. The van der Waals surface area contributed by atoms with E-state index in [1.165, 1.54) is 12.1 Å². The largest absolute Gasteiger partial charge is 0.309 e. The summed E-state index contributed by atoms with van der Waals surface area (Å²) in [6.07, 6.45) is 1.14. The summed E-state index contributed by atoms with van der Waals surface area (Å²) in [7, 11) is 0. The molecule has 17 heavy (non-hydrogen) atoms. The van der Waals surface area contributed by atoms with Crippen LogP contribution in [0.25, 0.3) is 0 Å². The fourth-order valence-corrected chi connectivity index (χ4v) is 2.04. The molecule has 5 heteroatoms. The summed E-state index contributed by atoms with van der Waals surface area (Å²) >= 11 is 6.01. The Bertz CT molecular complexity index is 460. The highest BCUT2D eigenvalue weighted by atomic mass is 35.5. The van der Waals surface area contributed by atoms with Gasteiger partial charge in [0.25, 0.3) is 5.69 Å². The first-order valence-electron chi connectivity index (χ1n) is 5.56. The molecule has 4 nitrogen and oxygen atoms in total. The van der Waals surface area contributed by atoms with Gasteiger partial charge in [0.05, 0.1) is 4.92 Å². The number of nitrogens with one attached hydrogen (secondary N) is 1. The minimum atomic E-state index is -0.402. The Balaban J connectivity index is 2.04. The van der Waals surface area contributed by atoms with Gasteiger partial charge in [0, 0.05) is 29.7 Å². The van der Waals surface area contributed by atoms with E-state index >= 15 is 0 Å². The highest BCUT2D eigenvalue weighted by Crippen LogP contribution is 2.44. The van der Waals surface area contributed by atoms with E-state index in [1.54, 1.807) is 6.07 Å². The molecule has 92 valence electrons. The standard InChI is InChI=1S/C12H15ClN2O2/c1-12(2)6-11(12)14-7-8-5-9(15(16)17)3-4-10(8)13/h3-5,11,14H,6-7H2,1-2H3. The van der Waals surface area contributed by atoms with Crippen molar-refractivity contribution in [1.82, 2.24) is 5.32 Å². The summed E-state index contributed by atoms with van der Waals surface area (Å²) in [5.41, 5.74) is 1.21. The third-order valence-electron chi connectivity index (χ3n) is 3.29. The summed E-state index contributed by atoms with van der Waals surface area (Å²) in [5, 5.41) is 14.6. The molecule has 0 amide bonds. The second kappa shape index (κ2) is 4.27. The van der Waals surface area contributed by atoms with E-state index in [2.05, 4.69) is 19.2 Å². The van der Waals surface area contributed by atoms with E-state index in [-0.39, 0.29) is 5.69 Å². The van der Waals surface area contributed by atoms with Gasteiger partial charge in [-0.2, -0.15) is 0 Å². The summed E-state index contributed by atoms with van der Waals surface area (Å²) in [6.45, 7) is 4.97. The van der Waals surface area contributed by atoms with E-state index in [9.17, 15) is 10.1 Å². The van der Waals surface area contributed by atoms with Gasteiger partial charge in [-0.3, -0.25) is 10.1 Å². The van der Waals surface area contributed by atoms with Gasteiger partial charge in [0.15, 0.2) is 0 Å². The van der Waals surface area contributed by atoms with Gasteiger partial charge < -0.3 is 5.32 Å². The zero-order valence-electron chi connectivity index (χ0n) is 9.87. The van der Waals surface area contributed by atoms with Crippen LogP contribution in [-0.2, 0) is 6.54 Å². The molecule has 1 aliphatic rings. The molecule has 1 unspecified atom stereocenters. The van der Waals surface area contributed by atoms with Crippen LogP contribution in [0.15, 0.2) is 18.2 Å². The van der Waals surface area contributed by atoms with E-state index in [0.717, 1.165) is 12.0 Å². The van der Waals surface area contributed by atoms with Crippen molar-refractivity contribution in [2.75, 3.05) is 0 Å². The quantitative estimate of drug-likeness (QED) is 0.663. The summed E-state index contributed by atoms with van der Waals surface area (Å²) in [6, 6.07) is 5.02. The number of nitro benzene ring substituents is 1. The molecule has 0 radical (unpaired) electrons. The first-order chi connectivity index (χ1) is 7.90. The van der Waals surface area contributed by atoms with Gasteiger partial charge in [-0.25, -0.2) is 0 Å². The number of rotatable bonds is 4. The van der Waals surface area contributed by atoms with Crippen molar-refractivity contribution in [3.63, 3.8) is 0 Å². The van der Waals surface area contributed by atoms with Crippen LogP contribution in [0.2, 0.25) is 5.02 Å². The van der Waals surface area contributed by atoms with Crippen molar-refractivity contribution < 1.29 is 4.92 Å². The number of benzene rings is 1. The fourth-order valence-electron chi connectivity index (χ4n) is 1.86. The Morgan fingerprint density at radius 3 is 2.76 bits per heavy atom.